The van der Waals surface area contributed by atoms with E-state index in [0.29, 0.717) is 5.69 Å². The number of rotatable bonds is 4. The molecule has 7 nitrogen and oxygen atoms in total. The molecule has 2 rings (SSSR count). The first-order valence-electron chi connectivity index (χ1n) is 5.56. The number of methoxy groups -OCH3 is 1. The molecule has 2 N–H and O–H groups in total. The second-order valence-electron chi connectivity index (χ2n) is 3.73. The van der Waals surface area contributed by atoms with Crippen molar-refractivity contribution in [2.75, 3.05) is 12.5 Å². The van der Waals surface area contributed by atoms with Gasteiger partial charge in [0.1, 0.15) is 11.4 Å². The fourth-order valence-corrected chi connectivity index (χ4v) is 1.30. The van der Waals surface area contributed by atoms with Crippen molar-refractivity contribution in [3.63, 3.8) is 0 Å². The third-order valence-electron chi connectivity index (χ3n) is 2.36. The summed E-state index contributed by atoms with van der Waals surface area (Å²) in [5.41, 5.74) is 3.50. The van der Waals surface area contributed by atoms with Crippen LogP contribution in [0.3, 0.4) is 0 Å². The Hall–Kier alpha value is -2.70. The molecule has 98 valence electrons. The summed E-state index contributed by atoms with van der Waals surface area (Å²) < 4.78 is 5.05. The lowest BCUT2D eigenvalue weighted by Crippen LogP contribution is -2.15. The van der Waals surface area contributed by atoms with Crippen LogP contribution in [0.25, 0.3) is 0 Å². The summed E-state index contributed by atoms with van der Waals surface area (Å²) >= 11 is 0. The highest BCUT2D eigenvalue weighted by Gasteiger charge is 1.97. The summed E-state index contributed by atoms with van der Waals surface area (Å²) in [4.78, 5) is 13.8. The Morgan fingerprint density at radius 2 is 2.05 bits per heavy atom. The van der Waals surface area contributed by atoms with Crippen molar-refractivity contribution < 1.29 is 4.74 Å². The zero-order valence-electron chi connectivity index (χ0n) is 10.5. The number of aromatic nitrogens is 3. The lowest BCUT2D eigenvalue weighted by molar-refractivity contribution is 0.415. The van der Waals surface area contributed by atoms with Crippen LogP contribution in [0.2, 0.25) is 0 Å². The summed E-state index contributed by atoms with van der Waals surface area (Å²) in [7, 11) is 1.61. The van der Waals surface area contributed by atoms with Crippen molar-refractivity contribution in [1.29, 1.82) is 0 Å². The third-order valence-corrected chi connectivity index (χ3v) is 2.36. The van der Waals surface area contributed by atoms with Crippen LogP contribution in [0.15, 0.2) is 34.2 Å². The SMILES string of the molecule is COc1ccc(/C=N/Nc2nnc(C)c(=O)[nH]2)cc1. The first-order valence-corrected chi connectivity index (χ1v) is 5.56. The second kappa shape index (κ2) is 5.76. The van der Waals surface area contributed by atoms with E-state index in [2.05, 4.69) is 25.7 Å². The number of ether oxygens (including phenoxy) is 1. The molecule has 0 saturated heterocycles. The molecular weight excluding hydrogens is 246 g/mol. The summed E-state index contributed by atoms with van der Waals surface area (Å²) in [6, 6.07) is 7.37. The average molecular weight is 259 g/mol. The summed E-state index contributed by atoms with van der Waals surface area (Å²) in [6.07, 6.45) is 1.60. The zero-order valence-corrected chi connectivity index (χ0v) is 10.5. The highest BCUT2D eigenvalue weighted by Crippen LogP contribution is 2.09. The third kappa shape index (κ3) is 3.38. The van der Waals surface area contributed by atoms with Gasteiger partial charge in [-0.1, -0.05) is 0 Å². The molecule has 0 amide bonds. The second-order valence-corrected chi connectivity index (χ2v) is 3.73. The van der Waals surface area contributed by atoms with Gasteiger partial charge >= 0.3 is 0 Å². The Morgan fingerprint density at radius 1 is 1.32 bits per heavy atom. The molecule has 0 unspecified atom stereocenters. The number of anilines is 1. The molecule has 0 saturated carbocycles. The van der Waals surface area contributed by atoms with Crippen LogP contribution in [0, 0.1) is 6.92 Å². The van der Waals surface area contributed by atoms with Gasteiger partial charge in [-0.05, 0) is 36.8 Å². The predicted octanol–water partition coefficient (Wildman–Crippen LogP) is 0.928. The summed E-state index contributed by atoms with van der Waals surface area (Å²) in [6.45, 7) is 1.58. The molecule has 19 heavy (non-hydrogen) atoms. The van der Waals surface area contributed by atoms with Gasteiger partial charge in [-0.25, -0.2) is 5.43 Å². The monoisotopic (exact) mass is 259 g/mol. The number of benzene rings is 1. The van der Waals surface area contributed by atoms with Crippen molar-refractivity contribution in [3.8, 4) is 5.75 Å². The molecule has 0 radical (unpaired) electrons. The Labute approximate surface area is 109 Å². The summed E-state index contributed by atoms with van der Waals surface area (Å²) in [5.74, 6) is 0.971. The highest BCUT2D eigenvalue weighted by atomic mass is 16.5. The molecule has 0 aliphatic heterocycles. The fourth-order valence-electron chi connectivity index (χ4n) is 1.30. The molecule has 0 aliphatic carbocycles. The lowest BCUT2D eigenvalue weighted by atomic mass is 10.2. The topological polar surface area (TPSA) is 92.3 Å². The maximum absolute atomic E-state index is 11.3. The van der Waals surface area contributed by atoms with Crippen molar-refractivity contribution in [2.45, 2.75) is 6.92 Å². The Balaban J connectivity index is 2.02. The maximum atomic E-state index is 11.3. The zero-order chi connectivity index (χ0) is 13.7. The Bertz CT molecular complexity index is 633. The first-order chi connectivity index (χ1) is 9.19. The lowest BCUT2D eigenvalue weighted by Gasteiger charge is -1.99. The van der Waals surface area contributed by atoms with Crippen molar-refractivity contribution in [1.82, 2.24) is 15.2 Å². The van der Waals surface area contributed by atoms with Crippen LogP contribution < -0.4 is 15.7 Å². The van der Waals surface area contributed by atoms with Crippen molar-refractivity contribution >= 4 is 12.2 Å². The highest BCUT2D eigenvalue weighted by molar-refractivity contribution is 5.80. The van der Waals surface area contributed by atoms with Gasteiger partial charge in [-0.3, -0.25) is 9.78 Å². The molecule has 1 aromatic carbocycles. The standard InChI is InChI=1S/C12H13N5O2/c1-8-11(18)14-12(17-15-8)16-13-7-9-3-5-10(19-2)6-4-9/h3-7H,1-2H3,(H2,14,16,17,18)/b13-7+. The number of hydrogen-bond donors (Lipinski definition) is 2. The van der Waals surface area contributed by atoms with Crippen LogP contribution in [-0.4, -0.2) is 28.5 Å². The number of hydrogen-bond acceptors (Lipinski definition) is 6. The van der Waals surface area contributed by atoms with Gasteiger partial charge in [-0.2, -0.15) is 5.10 Å². The van der Waals surface area contributed by atoms with Crippen molar-refractivity contribution in [2.24, 2.45) is 5.10 Å². The van der Waals surface area contributed by atoms with Crippen LogP contribution in [0.4, 0.5) is 5.95 Å². The normalized spacial score (nSPS) is 10.6. The number of hydrazone groups is 1. The summed E-state index contributed by atoms with van der Waals surface area (Å²) in [5, 5.41) is 11.4. The van der Waals surface area contributed by atoms with E-state index in [4.69, 9.17) is 4.74 Å². The Morgan fingerprint density at radius 3 is 2.68 bits per heavy atom. The molecule has 0 aliphatic rings. The number of aryl methyl sites for hydroxylation is 1. The van der Waals surface area contributed by atoms with E-state index in [1.165, 1.54) is 0 Å². The van der Waals surface area contributed by atoms with Crippen LogP contribution in [-0.2, 0) is 0 Å². The Kier molecular flexibility index (Phi) is 3.87. The van der Waals surface area contributed by atoms with Gasteiger partial charge in [0.15, 0.2) is 0 Å². The number of H-pyrrole nitrogens is 1. The molecule has 1 heterocycles. The smallest absolute Gasteiger partial charge is 0.274 e. The minimum absolute atomic E-state index is 0.195. The van der Waals surface area contributed by atoms with Crippen LogP contribution in [0.1, 0.15) is 11.3 Å². The largest absolute Gasteiger partial charge is 0.497 e. The van der Waals surface area contributed by atoms with Crippen LogP contribution in [0.5, 0.6) is 5.75 Å². The van der Waals surface area contributed by atoms with Gasteiger partial charge in [0.25, 0.3) is 5.56 Å². The van der Waals surface area contributed by atoms with Crippen molar-refractivity contribution in [3.05, 3.63) is 45.9 Å². The first kappa shape index (κ1) is 12.7. The van der Waals surface area contributed by atoms with Gasteiger partial charge in [-0.15, -0.1) is 10.2 Å². The fraction of sp³-hybridized carbons (Fsp3) is 0.167. The quantitative estimate of drug-likeness (QED) is 0.629. The van der Waals surface area contributed by atoms with Gasteiger partial charge in [0.05, 0.1) is 13.3 Å². The molecule has 0 fully saturated rings. The molecule has 7 heteroatoms. The van der Waals surface area contributed by atoms with Crippen LogP contribution >= 0.6 is 0 Å². The predicted molar refractivity (Wildman–Crippen MR) is 71.6 cm³/mol. The van der Waals surface area contributed by atoms with E-state index in [1.54, 1.807) is 20.2 Å². The molecule has 2 aromatic rings. The molecule has 0 bridgehead atoms. The van der Waals surface area contributed by atoms with E-state index >= 15 is 0 Å². The molecular formula is C12H13N5O2. The minimum atomic E-state index is -0.294. The minimum Gasteiger partial charge on any atom is -0.497 e. The van der Waals surface area contributed by atoms with E-state index in [0.717, 1.165) is 11.3 Å². The molecule has 1 aromatic heterocycles. The molecule has 0 atom stereocenters. The maximum Gasteiger partial charge on any atom is 0.274 e. The van der Waals surface area contributed by atoms with E-state index in [-0.39, 0.29) is 11.5 Å². The number of aromatic amines is 1. The molecule has 0 spiro atoms. The van der Waals surface area contributed by atoms with Gasteiger partial charge < -0.3 is 4.74 Å². The average Bonchev–Trinajstić information content (AvgIpc) is 2.43. The van der Waals surface area contributed by atoms with Gasteiger partial charge in [0.2, 0.25) is 5.95 Å². The van der Waals surface area contributed by atoms with E-state index in [1.807, 2.05) is 24.3 Å². The number of nitrogens with one attached hydrogen (secondary N) is 2. The number of nitrogens with zero attached hydrogens (tertiary/aromatic N) is 3. The van der Waals surface area contributed by atoms with E-state index in [9.17, 15) is 4.79 Å². The van der Waals surface area contributed by atoms with Gasteiger partial charge in [0, 0.05) is 0 Å². The van der Waals surface area contributed by atoms with E-state index < -0.39 is 0 Å².